The molecule has 0 spiro atoms. The normalized spacial score (nSPS) is 16.2. The van der Waals surface area contributed by atoms with Crippen LogP contribution >= 0.6 is 0 Å². The zero-order valence-electron chi connectivity index (χ0n) is 12.4. The van der Waals surface area contributed by atoms with Crippen LogP contribution in [-0.4, -0.2) is 23.0 Å². The number of anilines is 1. The van der Waals surface area contributed by atoms with E-state index in [4.69, 9.17) is 10.5 Å². The first-order valence-electron chi connectivity index (χ1n) is 7.72. The van der Waals surface area contributed by atoms with Gasteiger partial charge in [-0.25, -0.2) is 0 Å². The number of aromatic nitrogens is 2. The summed E-state index contributed by atoms with van der Waals surface area (Å²) in [7, 11) is 0. The fourth-order valence-electron chi connectivity index (χ4n) is 3.21. The first-order valence-corrected chi connectivity index (χ1v) is 7.72. The van der Waals surface area contributed by atoms with Crippen LogP contribution in [0.4, 0.5) is 5.69 Å². The topological polar surface area (TPSA) is 53.1 Å². The Morgan fingerprint density at radius 2 is 1.82 bits per heavy atom. The first-order chi connectivity index (χ1) is 10.8. The Hall–Kier alpha value is -2.33. The molecule has 0 bridgehead atoms. The maximum atomic E-state index is 6.09. The molecule has 2 N–H and O–H groups in total. The molecule has 0 radical (unpaired) electrons. The second-order valence-electron chi connectivity index (χ2n) is 5.80. The molecule has 4 nitrogen and oxygen atoms in total. The van der Waals surface area contributed by atoms with Crippen LogP contribution in [0.25, 0.3) is 21.9 Å². The third-order valence-electron chi connectivity index (χ3n) is 4.43. The van der Waals surface area contributed by atoms with Crippen molar-refractivity contribution in [2.75, 3.05) is 18.9 Å². The predicted octanol–water partition coefficient (Wildman–Crippen LogP) is 3.64. The molecule has 4 heteroatoms. The van der Waals surface area contributed by atoms with E-state index in [-0.39, 0.29) is 0 Å². The van der Waals surface area contributed by atoms with Gasteiger partial charge in [0.05, 0.1) is 12.2 Å². The molecule has 1 fully saturated rings. The summed E-state index contributed by atoms with van der Waals surface area (Å²) in [4.78, 5) is 0. The number of hydrogen-bond acceptors (Lipinski definition) is 3. The van der Waals surface area contributed by atoms with E-state index in [0.29, 0.717) is 6.04 Å². The average Bonchev–Trinajstić information content (AvgIpc) is 3.05. The third-order valence-corrected chi connectivity index (χ3v) is 4.43. The van der Waals surface area contributed by atoms with Gasteiger partial charge in [0.1, 0.15) is 0 Å². The smallest absolute Gasteiger partial charge is 0.0568 e. The van der Waals surface area contributed by atoms with Crippen LogP contribution in [0.1, 0.15) is 18.9 Å². The van der Waals surface area contributed by atoms with Gasteiger partial charge in [0.2, 0.25) is 0 Å². The maximum absolute atomic E-state index is 6.09. The average molecular weight is 293 g/mol. The highest BCUT2D eigenvalue weighted by Gasteiger charge is 2.17. The predicted molar refractivity (Wildman–Crippen MR) is 88.7 cm³/mol. The van der Waals surface area contributed by atoms with Crippen LogP contribution in [0, 0.1) is 0 Å². The van der Waals surface area contributed by atoms with E-state index < -0.39 is 0 Å². The molecular formula is C18H19N3O. The third kappa shape index (κ3) is 2.25. The largest absolute Gasteiger partial charge is 0.398 e. The lowest BCUT2D eigenvalue weighted by Gasteiger charge is -2.22. The number of benzene rings is 2. The summed E-state index contributed by atoms with van der Waals surface area (Å²) in [6.45, 7) is 1.65. The van der Waals surface area contributed by atoms with Crippen molar-refractivity contribution in [2.24, 2.45) is 0 Å². The molecule has 2 heterocycles. The minimum atomic E-state index is 0.447. The van der Waals surface area contributed by atoms with E-state index in [9.17, 15) is 0 Å². The first kappa shape index (κ1) is 13.3. The second kappa shape index (κ2) is 5.46. The zero-order valence-corrected chi connectivity index (χ0v) is 12.4. The highest BCUT2D eigenvalue weighted by molar-refractivity contribution is 6.02. The number of nitrogen functional groups attached to an aromatic ring is 1. The van der Waals surface area contributed by atoms with Crippen LogP contribution < -0.4 is 5.73 Å². The van der Waals surface area contributed by atoms with Gasteiger partial charge in [0.25, 0.3) is 0 Å². The number of nitrogens with zero attached hydrogens (tertiary/aromatic N) is 2. The highest BCUT2D eigenvalue weighted by atomic mass is 16.5. The fourth-order valence-corrected chi connectivity index (χ4v) is 3.21. The second-order valence-corrected chi connectivity index (χ2v) is 5.80. The monoisotopic (exact) mass is 293 g/mol. The summed E-state index contributed by atoms with van der Waals surface area (Å²) < 4.78 is 7.51. The summed E-state index contributed by atoms with van der Waals surface area (Å²) >= 11 is 0. The van der Waals surface area contributed by atoms with Gasteiger partial charge in [-0.3, -0.25) is 4.68 Å². The summed E-state index contributed by atoms with van der Waals surface area (Å²) in [5.41, 5.74) is 9.23. The number of rotatable bonds is 2. The zero-order chi connectivity index (χ0) is 14.9. The van der Waals surface area contributed by atoms with Gasteiger partial charge in [-0.15, -0.1) is 0 Å². The maximum Gasteiger partial charge on any atom is 0.0568 e. The summed E-state index contributed by atoms with van der Waals surface area (Å²) in [6, 6.07) is 12.8. The van der Waals surface area contributed by atoms with E-state index in [1.165, 1.54) is 10.9 Å². The number of hydrogen-bond donors (Lipinski definition) is 1. The van der Waals surface area contributed by atoms with Crippen LogP contribution in [0.5, 0.6) is 0 Å². The molecule has 4 rings (SSSR count). The van der Waals surface area contributed by atoms with E-state index >= 15 is 0 Å². The molecule has 1 saturated heterocycles. The molecule has 1 aliphatic heterocycles. The van der Waals surface area contributed by atoms with Gasteiger partial charge in [0.15, 0.2) is 0 Å². The van der Waals surface area contributed by atoms with Gasteiger partial charge in [0, 0.05) is 36.0 Å². The van der Waals surface area contributed by atoms with E-state index in [1.807, 2.05) is 18.3 Å². The lowest BCUT2D eigenvalue weighted by molar-refractivity contribution is 0.0662. The molecule has 0 saturated carbocycles. The molecule has 3 aromatic rings. The Morgan fingerprint density at radius 1 is 1.05 bits per heavy atom. The Labute approximate surface area is 129 Å². The molecule has 0 atom stereocenters. The molecule has 1 aromatic heterocycles. The molecular weight excluding hydrogens is 274 g/mol. The Balaban J connectivity index is 1.76. The van der Waals surface area contributed by atoms with Gasteiger partial charge < -0.3 is 10.5 Å². The number of nitrogens with two attached hydrogens (primary N) is 1. The van der Waals surface area contributed by atoms with Gasteiger partial charge in [-0.05, 0) is 29.9 Å². The Bertz CT molecular complexity index is 803. The Kier molecular flexibility index (Phi) is 3.31. The van der Waals surface area contributed by atoms with Crippen LogP contribution in [-0.2, 0) is 4.74 Å². The Morgan fingerprint density at radius 3 is 2.68 bits per heavy atom. The van der Waals surface area contributed by atoms with Crippen molar-refractivity contribution in [1.29, 1.82) is 0 Å². The van der Waals surface area contributed by atoms with Crippen LogP contribution in [0.15, 0.2) is 48.8 Å². The molecule has 22 heavy (non-hydrogen) atoms. The molecule has 112 valence electrons. The highest BCUT2D eigenvalue weighted by Crippen LogP contribution is 2.32. The number of ether oxygens (including phenoxy) is 1. The van der Waals surface area contributed by atoms with Crippen LogP contribution in [0.3, 0.4) is 0 Å². The van der Waals surface area contributed by atoms with Crippen molar-refractivity contribution in [2.45, 2.75) is 18.9 Å². The summed E-state index contributed by atoms with van der Waals surface area (Å²) in [5.74, 6) is 0. The van der Waals surface area contributed by atoms with E-state index in [0.717, 1.165) is 42.7 Å². The molecule has 2 aromatic carbocycles. The minimum absolute atomic E-state index is 0.447. The minimum Gasteiger partial charge on any atom is -0.398 e. The van der Waals surface area contributed by atoms with E-state index in [2.05, 4.69) is 40.2 Å². The van der Waals surface area contributed by atoms with Crippen molar-refractivity contribution in [1.82, 2.24) is 9.78 Å². The SMILES string of the molecule is Nc1cccc2c(-c3cnn(C4CCOCC4)c3)cccc12. The van der Waals surface area contributed by atoms with Crippen molar-refractivity contribution >= 4 is 16.5 Å². The van der Waals surface area contributed by atoms with Gasteiger partial charge in [-0.1, -0.05) is 30.3 Å². The fraction of sp³-hybridized carbons (Fsp3) is 0.278. The quantitative estimate of drug-likeness (QED) is 0.734. The summed E-state index contributed by atoms with van der Waals surface area (Å²) in [6.07, 6.45) is 6.16. The van der Waals surface area contributed by atoms with E-state index in [1.54, 1.807) is 0 Å². The molecule has 1 aliphatic rings. The van der Waals surface area contributed by atoms with Gasteiger partial charge >= 0.3 is 0 Å². The van der Waals surface area contributed by atoms with Gasteiger partial charge in [-0.2, -0.15) is 5.10 Å². The molecule has 0 aliphatic carbocycles. The molecule has 0 unspecified atom stereocenters. The van der Waals surface area contributed by atoms with Crippen LogP contribution in [0.2, 0.25) is 0 Å². The molecule has 0 amide bonds. The van der Waals surface area contributed by atoms with Crippen molar-refractivity contribution in [3.05, 3.63) is 48.8 Å². The lowest BCUT2D eigenvalue weighted by Crippen LogP contribution is -2.19. The standard InChI is InChI=1S/C18H19N3O/c19-18-6-2-4-16-15(3-1-5-17(16)18)13-11-20-21(12-13)14-7-9-22-10-8-14/h1-6,11-12,14H,7-10,19H2. The van der Waals surface area contributed by atoms with Crippen molar-refractivity contribution in [3.8, 4) is 11.1 Å². The lowest BCUT2D eigenvalue weighted by atomic mass is 9.99. The van der Waals surface area contributed by atoms with Crippen molar-refractivity contribution < 1.29 is 4.74 Å². The van der Waals surface area contributed by atoms with Crippen molar-refractivity contribution in [3.63, 3.8) is 0 Å². The summed E-state index contributed by atoms with van der Waals surface area (Å²) in [5, 5.41) is 6.85. The number of fused-ring (bicyclic) bond motifs is 1.